The third kappa shape index (κ3) is 3.59. The highest BCUT2D eigenvalue weighted by molar-refractivity contribution is 7.19. The van der Waals surface area contributed by atoms with Gasteiger partial charge in [-0.25, -0.2) is 0 Å². The SMILES string of the molecule is CN(CCNCc1sc2ccccc2c1Cl)C1CCCC1. The van der Waals surface area contributed by atoms with Crippen LogP contribution in [0, 0.1) is 0 Å². The molecule has 1 fully saturated rings. The number of nitrogens with one attached hydrogen (secondary N) is 1. The monoisotopic (exact) mass is 322 g/mol. The van der Waals surface area contributed by atoms with E-state index in [-0.39, 0.29) is 0 Å². The van der Waals surface area contributed by atoms with Crippen LogP contribution in [0.1, 0.15) is 30.6 Å². The molecule has 1 aromatic heterocycles. The first-order chi connectivity index (χ1) is 10.3. The van der Waals surface area contributed by atoms with Crippen LogP contribution in [0.15, 0.2) is 24.3 Å². The molecule has 1 N–H and O–H groups in total. The van der Waals surface area contributed by atoms with E-state index in [0.717, 1.165) is 30.7 Å². The Hall–Kier alpha value is -0.610. The van der Waals surface area contributed by atoms with E-state index < -0.39 is 0 Å². The first-order valence-electron chi connectivity index (χ1n) is 7.82. The van der Waals surface area contributed by atoms with E-state index in [0.29, 0.717) is 0 Å². The minimum Gasteiger partial charge on any atom is -0.311 e. The molecule has 2 aromatic rings. The summed E-state index contributed by atoms with van der Waals surface area (Å²) in [5.74, 6) is 0. The van der Waals surface area contributed by atoms with E-state index in [4.69, 9.17) is 11.6 Å². The maximum Gasteiger partial charge on any atom is 0.0636 e. The van der Waals surface area contributed by atoms with Crippen LogP contribution in [0.3, 0.4) is 0 Å². The van der Waals surface area contributed by atoms with Crippen LogP contribution in [0.4, 0.5) is 0 Å². The second-order valence-corrected chi connectivity index (χ2v) is 7.45. The normalized spacial score (nSPS) is 16.3. The Kier molecular flexibility index (Phi) is 5.17. The average molecular weight is 323 g/mol. The maximum absolute atomic E-state index is 6.46. The number of halogens is 1. The minimum atomic E-state index is 0.805. The third-order valence-corrected chi connectivity index (χ3v) is 6.19. The van der Waals surface area contributed by atoms with E-state index >= 15 is 0 Å². The van der Waals surface area contributed by atoms with E-state index in [1.165, 1.54) is 40.6 Å². The van der Waals surface area contributed by atoms with Crippen molar-refractivity contribution >= 4 is 33.0 Å². The Morgan fingerprint density at radius 3 is 2.81 bits per heavy atom. The van der Waals surface area contributed by atoms with Crippen LogP contribution in [0.2, 0.25) is 5.02 Å². The molecule has 4 heteroatoms. The molecule has 21 heavy (non-hydrogen) atoms. The molecule has 0 saturated heterocycles. The highest BCUT2D eigenvalue weighted by atomic mass is 35.5. The second-order valence-electron chi connectivity index (χ2n) is 5.93. The molecule has 0 radical (unpaired) electrons. The molecular formula is C17H23ClN2S. The zero-order chi connectivity index (χ0) is 14.7. The predicted molar refractivity (Wildman–Crippen MR) is 93.4 cm³/mol. The summed E-state index contributed by atoms with van der Waals surface area (Å²) in [6.07, 6.45) is 5.55. The van der Waals surface area contributed by atoms with Crippen molar-refractivity contribution in [1.82, 2.24) is 10.2 Å². The fraction of sp³-hybridized carbons (Fsp3) is 0.529. The largest absolute Gasteiger partial charge is 0.311 e. The maximum atomic E-state index is 6.46. The van der Waals surface area contributed by atoms with Crippen LogP contribution in [0.5, 0.6) is 0 Å². The zero-order valence-electron chi connectivity index (χ0n) is 12.6. The lowest BCUT2D eigenvalue weighted by Crippen LogP contribution is -2.35. The summed E-state index contributed by atoms with van der Waals surface area (Å²) in [5, 5.41) is 5.65. The van der Waals surface area contributed by atoms with Crippen LogP contribution < -0.4 is 5.32 Å². The first-order valence-corrected chi connectivity index (χ1v) is 9.02. The molecule has 0 unspecified atom stereocenters. The van der Waals surface area contributed by atoms with Gasteiger partial charge in [0.15, 0.2) is 0 Å². The molecule has 1 aromatic carbocycles. The van der Waals surface area contributed by atoms with Crippen LogP contribution in [0.25, 0.3) is 10.1 Å². The lowest BCUT2D eigenvalue weighted by Gasteiger charge is -2.23. The molecule has 114 valence electrons. The van der Waals surface area contributed by atoms with Crippen molar-refractivity contribution < 1.29 is 0 Å². The number of likely N-dealkylation sites (N-methyl/N-ethyl adjacent to an activating group) is 1. The zero-order valence-corrected chi connectivity index (χ0v) is 14.1. The number of thiophene rings is 1. The topological polar surface area (TPSA) is 15.3 Å². The number of hydrogen-bond donors (Lipinski definition) is 1. The quantitative estimate of drug-likeness (QED) is 0.787. The van der Waals surface area contributed by atoms with Gasteiger partial charge in [-0.05, 0) is 26.0 Å². The Balaban J connectivity index is 1.49. The molecule has 2 nitrogen and oxygen atoms in total. The van der Waals surface area contributed by atoms with Crippen molar-refractivity contribution in [3.05, 3.63) is 34.2 Å². The molecule has 1 aliphatic carbocycles. The molecule has 0 amide bonds. The van der Waals surface area contributed by atoms with Gasteiger partial charge in [0.1, 0.15) is 0 Å². The van der Waals surface area contributed by atoms with Gasteiger partial charge in [-0.3, -0.25) is 0 Å². The summed E-state index contributed by atoms with van der Waals surface area (Å²) in [6.45, 7) is 3.02. The molecule has 1 saturated carbocycles. The van der Waals surface area contributed by atoms with E-state index in [2.05, 4.69) is 41.5 Å². The van der Waals surface area contributed by atoms with Gasteiger partial charge in [0.25, 0.3) is 0 Å². The molecule has 0 spiro atoms. The molecule has 1 heterocycles. The fourth-order valence-electron chi connectivity index (χ4n) is 3.16. The predicted octanol–water partition coefficient (Wildman–Crippen LogP) is 4.52. The summed E-state index contributed by atoms with van der Waals surface area (Å²) in [6, 6.07) is 9.17. The van der Waals surface area contributed by atoms with Gasteiger partial charge < -0.3 is 10.2 Å². The summed E-state index contributed by atoms with van der Waals surface area (Å²) in [5.41, 5.74) is 0. The van der Waals surface area contributed by atoms with E-state index in [1.807, 2.05) is 0 Å². The second kappa shape index (κ2) is 7.10. The first kappa shape index (κ1) is 15.3. The van der Waals surface area contributed by atoms with Crippen molar-refractivity contribution in [3.8, 4) is 0 Å². The van der Waals surface area contributed by atoms with Crippen molar-refractivity contribution in [2.24, 2.45) is 0 Å². The lowest BCUT2D eigenvalue weighted by atomic mass is 10.2. The number of benzene rings is 1. The number of hydrogen-bond acceptors (Lipinski definition) is 3. The Bertz CT molecular complexity index is 589. The van der Waals surface area contributed by atoms with Crippen LogP contribution in [-0.2, 0) is 6.54 Å². The van der Waals surface area contributed by atoms with E-state index in [1.54, 1.807) is 11.3 Å². The highest BCUT2D eigenvalue weighted by Gasteiger charge is 2.18. The number of fused-ring (bicyclic) bond motifs is 1. The van der Waals surface area contributed by atoms with Gasteiger partial charge in [0, 0.05) is 40.6 Å². The molecule has 1 aliphatic rings. The van der Waals surface area contributed by atoms with Crippen molar-refractivity contribution in [2.75, 3.05) is 20.1 Å². The highest BCUT2D eigenvalue weighted by Crippen LogP contribution is 2.34. The fourth-order valence-corrected chi connectivity index (χ4v) is 4.63. The van der Waals surface area contributed by atoms with Gasteiger partial charge >= 0.3 is 0 Å². The smallest absolute Gasteiger partial charge is 0.0636 e. The number of rotatable bonds is 6. The van der Waals surface area contributed by atoms with Gasteiger partial charge in [0.2, 0.25) is 0 Å². The summed E-state index contributed by atoms with van der Waals surface area (Å²) in [4.78, 5) is 3.76. The molecule has 0 bridgehead atoms. The van der Waals surface area contributed by atoms with Crippen LogP contribution in [-0.4, -0.2) is 31.1 Å². The summed E-state index contributed by atoms with van der Waals surface area (Å²) in [7, 11) is 2.25. The summed E-state index contributed by atoms with van der Waals surface area (Å²) >= 11 is 8.26. The lowest BCUT2D eigenvalue weighted by molar-refractivity contribution is 0.245. The summed E-state index contributed by atoms with van der Waals surface area (Å²) < 4.78 is 1.28. The molecular weight excluding hydrogens is 300 g/mol. The number of nitrogens with zero attached hydrogens (tertiary/aromatic N) is 1. The Morgan fingerprint density at radius 1 is 1.29 bits per heavy atom. The van der Waals surface area contributed by atoms with Crippen molar-refractivity contribution in [2.45, 2.75) is 38.3 Å². The third-order valence-electron chi connectivity index (χ3n) is 4.48. The molecule has 3 rings (SSSR count). The van der Waals surface area contributed by atoms with Crippen molar-refractivity contribution in [1.29, 1.82) is 0 Å². The standard InChI is InChI=1S/C17H23ClN2S/c1-20(13-6-2-3-7-13)11-10-19-12-16-17(18)14-8-4-5-9-15(14)21-16/h4-5,8-9,13,19H,2-3,6-7,10-12H2,1H3. The van der Waals surface area contributed by atoms with E-state index in [9.17, 15) is 0 Å². The van der Waals surface area contributed by atoms with Crippen molar-refractivity contribution in [3.63, 3.8) is 0 Å². The van der Waals surface area contributed by atoms with Crippen LogP contribution >= 0.6 is 22.9 Å². The average Bonchev–Trinajstić information content (AvgIpc) is 3.13. The minimum absolute atomic E-state index is 0.805. The van der Waals surface area contributed by atoms with Gasteiger partial charge in [-0.2, -0.15) is 0 Å². The Labute approximate surface area is 136 Å². The molecule has 0 aliphatic heterocycles. The van der Waals surface area contributed by atoms with Gasteiger partial charge in [-0.1, -0.05) is 42.6 Å². The Morgan fingerprint density at radius 2 is 2.05 bits per heavy atom. The van der Waals surface area contributed by atoms with Gasteiger partial charge in [0.05, 0.1) is 5.02 Å². The molecule has 0 atom stereocenters. The van der Waals surface area contributed by atoms with Gasteiger partial charge in [-0.15, -0.1) is 11.3 Å².